The first kappa shape index (κ1) is 40.1. The van der Waals surface area contributed by atoms with E-state index in [1.807, 2.05) is 24.3 Å². The van der Waals surface area contributed by atoms with Gasteiger partial charge >= 0.3 is 11.9 Å². The summed E-state index contributed by atoms with van der Waals surface area (Å²) in [4.78, 5) is 78.1. The van der Waals surface area contributed by atoms with Crippen LogP contribution in [-0.4, -0.2) is 101 Å². The van der Waals surface area contributed by atoms with Gasteiger partial charge in [-0.2, -0.15) is 0 Å². The van der Waals surface area contributed by atoms with Gasteiger partial charge in [0.25, 0.3) is 5.91 Å². The Hall–Kier alpha value is -3.69. The second-order valence-electron chi connectivity index (χ2n) is 13.9. The van der Waals surface area contributed by atoms with Gasteiger partial charge in [-0.3, -0.25) is 28.9 Å². The standard InChI is InChI=1S/C36H52N6O7S2/c1-20(2)28(42(7)35(46)31(24-12-13-24)40-33(45)27-11-9-10-14-41(27)6)17-29(49-23(5)43)34-39-26(19-51-34)32(44)38-25(15-21(3)36(47)48-8)16-30-37-22(4)18-50-30/h18-19,21,24-25,27-29,31H,1,9-17H2,2-8H3,(H,38,44)(H,40,45)/t21-,25+,27+,28+,29+,31-/m0/s1. The van der Waals surface area contributed by atoms with E-state index in [1.54, 1.807) is 31.2 Å². The summed E-state index contributed by atoms with van der Waals surface area (Å²) >= 11 is 2.66. The molecule has 0 bridgehead atoms. The second-order valence-corrected chi connectivity index (χ2v) is 15.8. The molecule has 0 spiro atoms. The van der Waals surface area contributed by atoms with Crippen molar-refractivity contribution in [3.05, 3.63) is 44.3 Å². The largest absolute Gasteiger partial charge is 0.469 e. The van der Waals surface area contributed by atoms with Gasteiger partial charge in [0.1, 0.15) is 16.7 Å². The van der Waals surface area contributed by atoms with E-state index in [0.29, 0.717) is 23.4 Å². The number of likely N-dealkylation sites (tertiary alicyclic amines) is 1. The molecule has 0 radical (unpaired) electrons. The van der Waals surface area contributed by atoms with Crippen LogP contribution in [0.1, 0.15) is 98.0 Å². The van der Waals surface area contributed by atoms with Crippen LogP contribution in [0, 0.1) is 18.8 Å². The average molecular weight is 745 g/mol. The van der Waals surface area contributed by atoms with Gasteiger partial charge in [-0.05, 0) is 65.5 Å². The van der Waals surface area contributed by atoms with Crippen LogP contribution >= 0.6 is 22.7 Å². The molecule has 1 aliphatic heterocycles. The SMILES string of the molecule is C=C(C)[C@@H](C[C@@H](OC(C)=O)c1nc(C(=O)N[C@@H](Cc2nc(C)cs2)C[C@H](C)C(=O)OC)cs1)N(C)C(=O)[C@@H](NC(=O)[C@H]1CCCCN1C)C1CC1. The molecule has 1 saturated heterocycles. The molecular formula is C36H52N6O7S2. The van der Waals surface area contributed by atoms with Gasteiger partial charge in [-0.1, -0.05) is 25.5 Å². The van der Waals surface area contributed by atoms with Crippen molar-refractivity contribution in [1.29, 1.82) is 0 Å². The number of amides is 3. The smallest absolute Gasteiger partial charge is 0.308 e. The Morgan fingerprint density at radius 3 is 2.37 bits per heavy atom. The molecule has 3 amide bonds. The van der Waals surface area contributed by atoms with Gasteiger partial charge in [-0.25, -0.2) is 9.97 Å². The van der Waals surface area contributed by atoms with E-state index in [4.69, 9.17) is 9.47 Å². The molecule has 15 heteroatoms. The summed E-state index contributed by atoms with van der Waals surface area (Å²) in [5.74, 6) is -2.09. The molecular weight excluding hydrogens is 693 g/mol. The quantitative estimate of drug-likeness (QED) is 0.177. The average Bonchev–Trinajstić information content (AvgIpc) is 3.65. The van der Waals surface area contributed by atoms with E-state index < -0.39 is 42.0 Å². The number of rotatable bonds is 17. The number of aromatic nitrogens is 2. The first-order valence-corrected chi connectivity index (χ1v) is 19.3. The molecule has 4 rings (SSSR count). The molecule has 3 heterocycles. The molecule has 2 aromatic rings. The number of hydrogen-bond acceptors (Lipinski definition) is 12. The minimum atomic E-state index is -0.871. The molecule has 2 N–H and O–H groups in total. The van der Waals surface area contributed by atoms with Crippen LogP contribution in [0.3, 0.4) is 0 Å². The molecule has 51 heavy (non-hydrogen) atoms. The molecule has 6 atom stereocenters. The predicted molar refractivity (Wildman–Crippen MR) is 195 cm³/mol. The van der Waals surface area contributed by atoms with Crippen molar-refractivity contribution in [1.82, 2.24) is 30.4 Å². The summed E-state index contributed by atoms with van der Waals surface area (Å²) in [5, 5.41) is 10.8. The van der Waals surface area contributed by atoms with Gasteiger partial charge in [0.2, 0.25) is 11.8 Å². The van der Waals surface area contributed by atoms with Gasteiger partial charge in [-0.15, -0.1) is 22.7 Å². The Balaban J connectivity index is 1.49. The zero-order valence-electron chi connectivity index (χ0n) is 30.7. The number of esters is 2. The number of aryl methyl sites for hydroxylation is 1. The van der Waals surface area contributed by atoms with Crippen LogP contribution in [0.25, 0.3) is 0 Å². The normalized spacial score (nSPS) is 19.2. The Bertz CT molecular complexity index is 1570. The third kappa shape index (κ3) is 11.1. The van der Waals surface area contributed by atoms with Crippen molar-refractivity contribution < 1.29 is 33.4 Å². The van der Waals surface area contributed by atoms with E-state index in [2.05, 4.69) is 27.2 Å². The minimum Gasteiger partial charge on any atom is -0.469 e. The first-order chi connectivity index (χ1) is 24.2. The van der Waals surface area contributed by atoms with Crippen molar-refractivity contribution in [3.63, 3.8) is 0 Å². The predicted octanol–water partition coefficient (Wildman–Crippen LogP) is 4.22. The summed E-state index contributed by atoms with van der Waals surface area (Å²) < 4.78 is 10.6. The molecule has 280 valence electrons. The molecule has 1 saturated carbocycles. The van der Waals surface area contributed by atoms with Crippen molar-refractivity contribution >= 4 is 52.3 Å². The maximum absolute atomic E-state index is 14.0. The molecule has 2 aromatic heterocycles. The number of nitrogens with one attached hydrogen (secondary N) is 2. The Labute approximate surface area is 308 Å². The summed E-state index contributed by atoms with van der Waals surface area (Å²) in [6.07, 6.45) is 4.55. The lowest BCUT2D eigenvalue weighted by atomic mass is 9.99. The van der Waals surface area contributed by atoms with E-state index >= 15 is 0 Å². The highest BCUT2D eigenvalue weighted by Crippen LogP contribution is 2.35. The van der Waals surface area contributed by atoms with Gasteiger partial charge < -0.3 is 25.0 Å². The number of ether oxygens (including phenoxy) is 2. The Morgan fingerprint density at radius 1 is 1.06 bits per heavy atom. The highest BCUT2D eigenvalue weighted by Gasteiger charge is 2.42. The molecule has 0 unspecified atom stereocenters. The lowest BCUT2D eigenvalue weighted by Crippen LogP contribution is -2.56. The minimum absolute atomic E-state index is 0.0620. The van der Waals surface area contributed by atoms with E-state index in [0.717, 1.165) is 49.4 Å². The van der Waals surface area contributed by atoms with E-state index in [9.17, 15) is 24.0 Å². The van der Waals surface area contributed by atoms with Crippen LogP contribution < -0.4 is 10.6 Å². The molecule has 1 aliphatic carbocycles. The highest BCUT2D eigenvalue weighted by atomic mass is 32.1. The zero-order chi connectivity index (χ0) is 37.4. The monoisotopic (exact) mass is 744 g/mol. The fraction of sp³-hybridized carbons (Fsp3) is 0.639. The van der Waals surface area contributed by atoms with E-state index in [1.165, 1.54) is 36.7 Å². The lowest BCUT2D eigenvalue weighted by Gasteiger charge is -2.35. The van der Waals surface area contributed by atoms with Crippen molar-refractivity contribution in [3.8, 4) is 0 Å². The zero-order valence-corrected chi connectivity index (χ0v) is 32.4. The summed E-state index contributed by atoms with van der Waals surface area (Å²) in [6, 6.07) is -1.89. The van der Waals surface area contributed by atoms with Gasteiger partial charge in [0.15, 0.2) is 6.10 Å². The summed E-state index contributed by atoms with van der Waals surface area (Å²) in [5.41, 5.74) is 1.69. The summed E-state index contributed by atoms with van der Waals surface area (Å²) in [7, 11) is 4.96. The number of piperidine rings is 1. The van der Waals surface area contributed by atoms with Crippen LogP contribution in [0.5, 0.6) is 0 Å². The van der Waals surface area contributed by atoms with Gasteiger partial charge in [0, 0.05) is 49.3 Å². The Morgan fingerprint density at radius 2 is 1.78 bits per heavy atom. The fourth-order valence-electron chi connectivity index (χ4n) is 6.56. The van der Waals surface area contributed by atoms with Crippen molar-refractivity contribution in [2.24, 2.45) is 11.8 Å². The number of carbonyl (C=O) groups is 5. The number of hydrogen-bond donors (Lipinski definition) is 2. The molecule has 13 nitrogen and oxygen atoms in total. The second kappa shape index (κ2) is 18.2. The highest BCUT2D eigenvalue weighted by molar-refractivity contribution is 7.10. The molecule has 2 aliphatic rings. The molecule has 2 fully saturated rings. The van der Waals surface area contributed by atoms with Gasteiger partial charge in [0.05, 0.1) is 30.1 Å². The molecule has 0 aromatic carbocycles. The summed E-state index contributed by atoms with van der Waals surface area (Å²) in [6.45, 7) is 11.7. The maximum atomic E-state index is 14.0. The van der Waals surface area contributed by atoms with Crippen molar-refractivity contribution in [2.75, 3.05) is 27.7 Å². The van der Waals surface area contributed by atoms with Crippen molar-refractivity contribution in [2.45, 2.75) is 109 Å². The number of thiazole rings is 2. The first-order valence-electron chi connectivity index (χ1n) is 17.5. The number of methoxy groups -OCH3 is 1. The van der Waals surface area contributed by atoms with Crippen LogP contribution in [0.4, 0.5) is 0 Å². The number of carbonyl (C=O) groups excluding carboxylic acids is 5. The number of nitrogens with zero attached hydrogens (tertiary/aromatic N) is 4. The topological polar surface area (TPSA) is 160 Å². The van der Waals surface area contributed by atoms with E-state index in [-0.39, 0.29) is 41.9 Å². The lowest BCUT2D eigenvalue weighted by molar-refractivity contribution is -0.148. The van der Waals surface area contributed by atoms with Crippen LogP contribution in [0.2, 0.25) is 0 Å². The number of likely N-dealkylation sites (N-methyl/N-ethyl adjacent to an activating group) is 2. The third-order valence-corrected chi connectivity index (χ3v) is 11.5. The maximum Gasteiger partial charge on any atom is 0.308 e. The van der Waals surface area contributed by atoms with Crippen LogP contribution in [-0.2, 0) is 35.1 Å². The Kier molecular flexibility index (Phi) is 14.3. The van der Waals surface area contributed by atoms with Crippen LogP contribution in [0.15, 0.2) is 22.9 Å². The third-order valence-electron chi connectivity index (χ3n) is 9.55. The fourth-order valence-corrected chi connectivity index (χ4v) is 8.25.